The van der Waals surface area contributed by atoms with Crippen LogP contribution in [0.15, 0.2) is 24.5 Å². The molecule has 0 aliphatic carbocycles. The summed E-state index contributed by atoms with van der Waals surface area (Å²) in [7, 11) is 0. The van der Waals surface area contributed by atoms with Crippen LogP contribution in [0.1, 0.15) is 37.9 Å². The molecule has 0 spiro atoms. The maximum atomic E-state index is 11.0. The van der Waals surface area contributed by atoms with E-state index in [0.29, 0.717) is 6.42 Å². The predicted octanol–water partition coefficient (Wildman–Crippen LogP) is 2.89. The van der Waals surface area contributed by atoms with Crippen molar-refractivity contribution in [1.82, 2.24) is 14.3 Å². The number of hydrogen-bond donors (Lipinski definition) is 1. The Morgan fingerprint density at radius 1 is 1.30 bits per heavy atom. The zero-order valence-corrected chi connectivity index (χ0v) is 14.1. The molecular weight excluding hydrogens is 312 g/mol. The number of aromatic nitrogens is 3. The molecular formula is C16H22N4O2S. The highest BCUT2D eigenvalue weighted by atomic mass is 32.1. The van der Waals surface area contributed by atoms with Gasteiger partial charge in [0, 0.05) is 30.7 Å². The maximum absolute atomic E-state index is 11.0. The molecule has 0 atom stereocenters. The highest BCUT2D eigenvalue weighted by Crippen LogP contribution is 2.26. The lowest BCUT2D eigenvalue weighted by Gasteiger charge is -2.21. The molecule has 2 rings (SSSR count). The number of nitrogens with zero attached hydrogens (tertiary/aromatic N) is 4. The zero-order valence-electron chi connectivity index (χ0n) is 13.3. The Balaban J connectivity index is 1.86. The van der Waals surface area contributed by atoms with Crippen molar-refractivity contribution in [3.05, 3.63) is 30.4 Å². The van der Waals surface area contributed by atoms with E-state index in [9.17, 15) is 4.79 Å². The number of carbonyl (C=O) groups excluding carboxylic acids is 1. The summed E-state index contributed by atoms with van der Waals surface area (Å²) in [5.41, 5.74) is 1.01. The highest BCUT2D eigenvalue weighted by Gasteiger charge is 2.13. The minimum Gasteiger partial charge on any atom is -0.389 e. The van der Waals surface area contributed by atoms with Gasteiger partial charge in [-0.15, -0.1) is 0 Å². The average molecular weight is 334 g/mol. The van der Waals surface area contributed by atoms with Gasteiger partial charge in [0.05, 0.1) is 11.9 Å². The van der Waals surface area contributed by atoms with E-state index in [1.54, 1.807) is 6.20 Å². The second-order valence-electron chi connectivity index (χ2n) is 5.35. The van der Waals surface area contributed by atoms with Crippen LogP contribution in [0.5, 0.6) is 0 Å². The first-order valence-corrected chi connectivity index (χ1v) is 8.58. The number of ketones is 1. The van der Waals surface area contributed by atoms with Crippen molar-refractivity contribution in [2.24, 2.45) is 0 Å². The fourth-order valence-corrected chi connectivity index (χ4v) is 2.99. The molecule has 0 saturated heterocycles. The monoisotopic (exact) mass is 334 g/mol. The van der Waals surface area contributed by atoms with Gasteiger partial charge in [0.2, 0.25) is 5.13 Å². The standard InChI is InChI=1S/C16H22N4O2S/c1-13-18-16(23-19-13)20(14-7-6-9-17-11-14)10-5-3-2-4-8-15(22)12-21/h6-7,9,11,21H,2-5,8,10,12H2,1H3. The molecule has 0 unspecified atom stereocenters. The first-order chi connectivity index (χ1) is 11.2. The van der Waals surface area contributed by atoms with Crippen molar-refractivity contribution in [2.45, 2.75) is 39.0 Å². The van der Waals surface area contributed by atoms with E-state index in [1.807, 2.05) is 25.3 Å². The van der Waals surface area contributed by atoms with Crippen LogP contribution in [-0.4, -0.2) is 38.4 Å². The molecule has 0 aliphatic rings. The maximum Gasteiger partial charge on any atom is 0.209 e. The van der Waals surface area contributed by atoms with Crippen LogP contribution in [0.25, 0.3) is 0 Å². The summed E-state index contributed by atoms with van der Waals surface area (Å²) < 4.78 is 4.26. The molecule has 124 valence electrons. The van der Waals surface area contributed by atoms with E-state index >= 15 is 0 Å². The highest BCUT2D eigenvalue weighted by molar-refractivity contribution is 7.09. The van der Waals surface area contributed by atoms with Crippen molar-refractivity contribution in [3.63, 3.8) is 0 Å². The summed E-state index contributed by atoms with van der Waals surface area (Å²) in [6, 6.07) is 3.93. The largest absolute Gasteiger partial charge is 0.389 e. The first-order valence-electron chi connectivity index (χ1n) is 7.81. The fraction of sp³-hybridized carbons (Fsp3) is 0.500. The normalized spacial score (nSPS) is 10.7. The van der Waals surface area contributed by atoms with Crippen LogP contribution in [-0.2, 0) is 4.79 Å². The lowest BCUT2D eigenvalue weighted by Crippen LogP contribution is -2.18. The molecule has 0 radical (unpaired) electrons. The molecule has 0 amide bonds. The van der Waals surface area contributed by atoms with Gasteiger partial charge in [0.1, 0.15) is 12.4 Å². The number of unbranched alkanes of at least 4 members (excludes halogenated alkanes) is 3. The quantitative estimate of drug-likeness (QED) is 0.673. The molecule has 7 heteroatoms. The van der Waals surface area contributed by atoms with E-state index in [2.05, 4.69) is 19.2 Å². The van der Waals surface area contributed by atoms with Gasteiger partial charge in [-0.3, -0.25) is 9.78 Å². The summed E-state index contributed by atoms with van der Waals surface area (Å²) in [6.45, 7) is 2.39. The Labute approximate surface area is 140 Å². The Kier molecular flexibility index (Phi) is 7.09. The predicted molar refractivity (Wildman–Crippen MR) is 91.1 cm³/mol. The minimum absolute atomic E-state index is 0.0775. The Bertz CT molecular complexity index is 603. The molecule has 0 aromatic carbocycles. The van der Waals surface area contributed by atoms with Crippen molar-refractivity contribution in [1.29, 1.82) is 0 Å². The number of pyridine rings is 1. The summed E-state index contributed by atoms with van der Waals surface area (Å²) in [4.78, 5) is 21.8. The lowest BCUT2D eigenvalue weighted by molar-refractivity contribution is -0.121. The van der Waals surface area contributed by atoms with Crippen LogP contribution in [0, 0.1) is 6.92 Å². The Morgan fingerprint density at radius 3 is 2.78 bits per heavy atom. The first kappa shape index (κ1) is 17.5. The lowest BCUT2D eigenvalue weighted by atomic mass is 10.1. The third kappa shape index (κ3) is 5.69. The van der Waals surface area contributed by atoms with Crippen LogP contribution < -0.4 is 4.90 Å². The fourth-order valence-electron chi connectivity index (χ4n) is 2.27. The zero-order chi connectivity index (χ0) is 16.5. The smallest absolute Gasteiger partial charge is 0.209 e. The molecule has 0 bridgehead atoms. The molecule has 0 aliphatic heterocycles. The van der Waals surface area contributed by atoms with E-state index in [4.69, 9.17) is 5.11 Å². The number of anilines is 2. The molecule has 1 N–H and O–H groups in total. The number of aliphatic hydroxyl groups is 1. The molecule has 23 heavy (non-hydrogen) atoms. The number of aryl methyl sites for hydroxylation is 1. The summed E-state index contributed by atoms with van der Waals surface area (Å²) >= 11 is 1.39. The number of aliphatic hydroxyl groups excluding tert-OH is 1. The third-order valence-electron chi connectivity index (χ3n) is 3.47. The number of hydrogen-bond acceptors (Lipinski definition) is 7. The molecule has 0 saturated carbocycles. The van der Waals surface area contributed by atoms with Gasteiger partial charge >= 0.3 is 0 Å². The van der Waals surface area contributed by atoms with Crippen LogP contribution >= 0.6 is 11.5 Å². The molecule has 0 fully saturated rings. The van der Waals surface area contributed by atoms with Crippen molar-refractivity contribution >= 4 is 28.1 Å². The van der Waals surface area contributed by atoms with E-state index in [-0.39, 0.29) is 12.4 Å². The molecule has 2 aromatic heterocycles. The second kappa shape index (κ2) is 9.32. The van der Waals surface area contributed by atoms with Gasteiger partial charge in [-0.25, -0.2) is 4.98 Å². The van der Waals surface area contributed by atoms with Gasteiger partial charge in [-0.1, -0.05) is 12.8 Å². The average Bonchev–Trinajstić information content (AvgIpc) is 3.00. The third-order valence-corrected chi connectivity index (χ3v) is 4.30. The van der Waals surface area contributed by atoms with Crippen LogP contribution in [0.3, 0.4) is 0 Å². The Hall–Kier alpha value is -1.86. The van der Waals surface area contributed by atoms with Gasteiger partial charge in [0.15, 0.2) is 5.78 Å². The number of rotatable bonds is 10. The van der Waals surface area contributed by atoms with Gasteiger partial charge in [-0.2, -0.15) is 4.37 Å². The van der Waals surface area contributed by atoms with Crippen LogP contribution in [0.2, 0.25) is 0 Å². The number of carbonyl (C=O) groups is 1. The van der Waals surface area contributed by atoms with Crippen LogP contribution in [0.4, 0.5) is 10.8 Å². The van der Waals surface area contributed by atoms with Crippen molar-refractivity contribution < 1.29 is 9.90 Å². The number of Topliss-reactive ketones (excluding diaryl/α,β-unsaturated/α-hetero) is 1. The minimum atomic E-state index is -0.342. The van der Waals surface area contributed by atoms with E-state index < -0.39 is 0 Å². The van der Waals surface area contributed by atoms with Crippen molar-refractivity contribution in [3.8, 4) is 0 Å². The van der Waals surface area contributed by atoms with E-state index in [1.165, 1.54) is 11.5 Å². The Morgan fingerprint density at radius 2 is 2.13 bits per heavy atom. The summed E-state index contributed by atoms with van der Waals surface area (Å²) in [5.74, 6) is 0.702. The SMILES string of the molecule is Cc1nsc(N(CCCCCCC(=O)CO)c2cccnc2)n1. The van der Waals surface area contributed by atoms with Gasteiger partial charge < -0.3 is 10.0 Å². The molecule has 2 heterocycles. The van der Waals surface area contributed by atoms with Gasteiger partial charge in [-0.05, 0) is 31.9 Å². The topological polar surface area (TPSA) is 79.2 Å². The summed E-state index contributed by atoms with van der Waals surface area (Å²) in [5, 5.41) is 9.57. The second-order valence-corrected chi connectivity index (χ2v) is 6.08. The molecule has 6 nitrogen and oxygen atoms in total. The van der Waals surface area contributed by atoms with Gasteiger partial charge in [0.25, 0.3) is 0 Å². The van der Waals surface area contributed by atoms with Crippen molar-refractivity contribution in [2.75, 3.05) is 18.1 Å². The molecule has 2 aromatic rings. The summed E-state index contributed by atoms with van der Waals surface area (Å²) in [6.07, 6.45) is 7.92. The van der Waals surface area contributed by atoms with E-state index in [0.717, 1.165) is 48.9 Å².